The summed E-state index contributed by atoms with van der Waals surface area (Å²) in [5.41, 5.74) is 0. The van der Waals surface area contributed by atoms with Gasteiger partial charge >= 0.3 is 19.8 Å². The molecular weight excluding hydrogens is 651 g/mol. The normalized spacial score (nSPS) is 12.3. The van der Waals surface area contributed by atoms with Gasteiger partial charge in [-0.05, 0) is 12.8 Å². The van der Waals surface area contributed by atoms with E-state index < -0.39 is 32.5 Å². The molecule has 8 nitrogen and oxygen atoms in total. The third-order valence-electron chi connectivity index (χ3n) is 9.63. The molecule has 298 valence electrons. The second kappa shape index (κ2) is 37.8. The predicted molar refractivity (Wildman–Crippen MR) is 207 cm³/mol. The summed E-state index contributed by atoms with van der Waals surface area (Å²) in [6, 6.07) is 0. The van der Waals surface area contributed by atoms with Crippen LogP contribution < -0.4 is 0 Å². The lowest BCUT2D eigenvalue weighted by atomic mass is 10.0. The molecule has 0 saturated heterocycles. The summed E-state index contributed by atoms with van der Waals surface area (Å²) in [5.74, 6) is -0.871. The number of carbonyl (C=O) groups is 2. The molecule has 2 N–H and O–H groups in total. The summed E-state index contributed by atoms with van der Waals surface area (Å²) in [6.45, 7) is 3.70. The molecule has 0 unspecified atom stereocenters. The van der Waals surface area contributed by atoms with Crippen LogP contribution in [-0.4, -0.2) is 41.0 Å². The molecule has 50 heavy (non-hydrogen) atoms. The second-order valence-electron chi connectivity index (χ2n) is 14.7. The number of esters is 2. The molecule has 0 aromatic rings. The first-order chi connectivity index (χ1) is 24.3. The fraction of sp³-hybridized carbons (Fsp3) is 0.951. The lowest BCUT2D eigenvalue weighted by Crippen LogP contribution is -2.29. The Bertz CT molecular complexity index is 787. The Hall–Kier alpha value is -0.950. The molecule has 0 heterocycles. The summed E-state index contributed by atoms with van der Waals surface area (Å²) in [6.07, 6.45) is 39.8. The lowest BCUT2D eigenvalue weighted by molar-refractivity contribution is -0.161. The topological polar surface area (TPSA) is 119 Å². The van der Waals surface area contributed by atoms with Crippen LogP contribution in [-0.2, 0) is 28.2 Å². The van der Waals surface area contributed by atoms with Gasteiger partial charge < -0.3 is 19.3 Å². The molecular formula is C41H81O8P. The summed E-state index contributed by atoms with van der Waals surface area (Å²) in [4.78, 5) is 42.7. The first-order valence-corrected chi connectivity index (χ1v) is 22.9. The Kier molecular flexibility index (Phi) is 37.1. The second-order valence-corrected chi connectivity index (χ2v) is 15.9. The van der Waals surface area contributed by atoms with Crippen molar-refractivity contribution >= 4 is 19.8 Å². The zero-order chi connectivity index (χ0) is 36.8. The molecule has 0 bridgehead atoms. The zero-order valence-corrected chi connectivity index (χ0v) is 33.7. The Balaban J connectivity index is 3.77. The first kappa shape index (κ1) is 49.0. The van der Waals surface area contributed by atoms with Gasteiger partial charge in [0.05, 0.1) is 6.61 Å². The largest absolute Gasteiger partial charge is 0.469 e. The highest BCUT2D eigenvalue weighted by molar-refractivity contribution is 7.46. The van der Waals surface area contributed by atoms with E-state index in [0.717, 1.165) is 32.1 Å². The predicted octanol–water partition coefficient (Wildman–Crippen LogP) is 12.9. The van der Waals surface area contributed by atoms with Gasteiger partial charge in [-0.15, -0.1) is 0 Å². The molecule has 0 rings (SSSR count). The maximum absolute atomic E-state index is 12.4. The number of hydrogen-bond donors (Lipinski definition) is 2. The maximum atomic E-state index is 12.4. The highest BCUT2D eigenvalue weighted by Gasteiger charge is 2.22. The van der Waals surface area contributed by atoms with Gasteiger partial charge in [0.2, 0.25) is 0 Å². The molecule has 1 atom stereocenters. The van der Waals surface area contributed by atoms with Gasteiger partial charge in [-0.3, -0.25) is 14.1 Å². The Morgan fingerprint density at radius 2 is 0.720 bits per heavy atom. The van der Waals surface area contributed by atoms with Crippen molar-refractivity contribution in [3.8, 4) is 0 Å². The average molecular weight is 733 g/mol. The van der Waals surface area contributed by atoms with Gasteiger partial charge in [0, 0.05) is 12.8 Å². The fourth-order valence-electron chi connectivity index (χ4n) is 6.43. The van der Waals surface area contributed by atoms with E-state index >= 15 is 0 Å². The number of phosphoric acid groups is 1. The van der Waals surface area contributed by atoms with Crippen LogP contribution in [0.3, 0.4) is 0 Å². The molecule has 0 saturated carbocycles. The van der Waals surface area contributed by atoms with Crippen molar-refractivity contribution in [3.05, 3.63) is 0 Å². The van der Waals surface area contributed by atoms with E-state index in [0.29, 0.717) is 6.42 Å². The quantitative estimate of drug-likeness (QED) is 0.0363. The van der Waals surface area contributed by atoms with Gasteiger partial charge in [0.1, 0.15) is 6.61 Å². The standard InChI is InChI=1S/C41H81O8P/c1-3-5-7-9-11-13-15-16-17-18-19-20-21-22-23-24-25-26-28-30-32-34-36-41(43)49-39(38-48-50(44,45)46)37-47-40(42)35-33-31-29-27-14-12-10-8-6-4-2/h39H,3-38H2,1-2H3,(H2,44,45,46)/t39-/m1/s1. The SMILES string of the molecule is CCCCCCCCCCCCCCCCCCCCCCCCC(=O)O[C@H](COC(=O)CCCCCCCCCCCC)COP(=O)(O)O. The van der Waals surface area contributed by atoms with E-state index in [9.17, 15) is 14.2 Å². The minimum absolute atomic E-state index is 0.220. The highest BCUT2D eigenvalue weighted by Crippen LogP contribution is 2.36. The zero-order valence-electron chi connectivity index (χ0n) is 32.8. The van der Waals surface area contributed by atoms with E-state index in [1.54, 1.807) is 0 Å². The first-order valence-electron chi connectivity index (χ1n) is 21.3. The number of unbranched alkanes of at least 4 members (excludes halogenated alkanes) is 30. The van der Waals surface area contributed by atoms with Gasteiger partial charge in [-0.1, -0.05) is 206 Å². The Labute approximate surface area is 308 Å². The van der Waals surface area contributed by atoms with Crippen LogP contribution in [0.4, 0.5) is 0 Å². The Morgan fingerprint density at radius 1 is 0.440 bits per heavy atom. The molecule has 0 fully saturated rings. The number of hydrogen-bond acceptors (Lipinski definition) is 6. The molecule has 0 aliphatic heterocycles. The van der Waals surface area contributed by atoms with Gasteiger partial charge in [-0.25, -0.2) is 4.57 Å². The van der Waals surface area contributed by atoms with Crippen molar-refractivity contribution in [1.82, 2.24) is 0 Å². The van der Waals surface area contributed by atoms with Crippen molar-refractivity contribution in [2.75, 3.05) is 13.2 Å². The molecule has 0 aromatic carbocycles. The van der Waals surface area contributed by atoms with Crippen LogP contribution in [0.5, 0.6) is 0 Å². The van der Waals surface area contributed by atoms with Crippen molar-refractivity contribution < 1.29 is 37.9 Å². The summed E-state index contributed by atoms with van der Waals surface area (Å²) in [7, 11) is -4.74. The average Bonchev–Trinajstić information content (AvgIpc) is 3.08. The molecule has 0 radical (unpaired) electrons. The van der Waals surface area contributed by atoms with Crippen LogP contribution >= 0.6 is 7.82 Å². The number of rotatable bonds is 40. The third kappa shape index (κ3) is 39.8. The van der Waals surface area contributed by atoms with Gasteiger partial charge in [0.25, 0.3) is 0 Å². The van der Waals surface area contributed by atoms with Gasteiger partial charge in [0.15, 0.2) is 6.10 Å². The number of carbonyl (C=O) groups excluding carboxylic acids is 2. The van der Waals surface area contributed by atoms with Gasteiger partial charge in [-0.2, -0.15) is 0 Å². The van der Waals surface area contributed by atoms with Crippen molar-refractivity contribution in [1.29, 1.82) is 0 Å². The molecule has 0 aliphatic rings. The molecule has 0 aliphatic carbocycles. The number of phosphoric ester groups is 1. The highest BCUT2D eigenvalue weighted by atomic mass is 31.2. The van der Waals surface area contributed by atoms with Crippen molar-refractivity contribution in [2.45, 2.75) is 238 Å². The maximum Gasteiger partial charge on any atom is 0.469 e. The van der Waals surface area contributed by atoms with E-state index in [1.807, 2.05) is 0 Å². The van der Waals surface area contributed by atoms with E-state index in [1.165, 1.54) is 167 Å². The number of ether oxygens (including phenoxy) is 2. The Morgan fingerprint density at radius 3 is 1.02 bits per heavy atom. The summed E-state index contributed by atoms with van der Waals surface area (Å²) >= 11 is 0. The summed E-state index contributed by atoms with van der Waals surface area (Å²) < 4.78 is 26.3. The third-order valence-corrected chi connectivity index (χ3v) is 10.1. The van der Waals surface area contributed by atoms with Crippen LogP contribution in [0, 0.1) is 0 Å². The van der Waals surface area contributed by atoms with E-state index in [2.05, 4.69) is 18.4 Å². The van der Waals surface area contributed by atoms with E-state index in [-0.39, 0.29) is 19.4 Å². The molecule has 0 amide bonds. The summed E-state index contributed by atoms with van der Waals surface area (Å²) in [5, 5.41) is 0. The van der Waals surface area contributed by atoms with E-state index in [4.69, 9.17) is 19.3 Å². The van der Waals surface area contributed by atoms with Crippen LogP contribution in [0.1, 0.15) is 232 Å². The van der Waals surface area contributed by atoms with Crippen molar-refractivity contribution in [3.63, 3.8) is 0 Å². The molecule has 9 heteroatoms. The molecule has 0 spiro atoms. The minimum Gasteiger partial charge on any atom is -0.462 e. The minimum atomic E-state index is -4.74. The van der Waals surface area contributed by atoms with Crippen molar-refractivity contribution in [2.24, 2.45) is 0 Å². The monoisotopic (exact) mass is 733 g/mol. The lowest BCUT2D eigenvalue weighted by Gasteiger charge is -2.18. The smallest absolute Gasteiger partial charge is 0.462 e. The fourth-order valence-corrected chi connectivity index (χ4v) is 6.79. The molecule has 0 aromatic heterocycles. The van der Waals surface area contributed by atoms with Crippen LogP contribution in [0.25, 0.3) is 0 Å². The van der Waals surface area contributed by atoms with Crippen LogP contribution in [0.2, 0.25) is 0 Å². The van der Waals surface area contributed by atoms with Crippen LogP contribution in [0.15, 0.2) is 0 Å².